The van der Waals surface area contributed by atoms with Gasteiger partial charge in [-0.2, -0.15) is 13.2 Å². The summed E-state index contributed by atoms with van der Waals surface area (Å²) in [5.74, 6) is 0.510. The molecule has 0 fully saturated rings. The summed E-state index contributed by atoms with van der Waals surface area (Å²) in [5.41, 5.74) is 1.03. The number of halogens is 3. The maximum absolute atomic E-state index is 13.7. The van der Waals surface area contributed by atoms with Crippen LogP contribution in [0.1, 0.15) is 32.8 Å². The molecule has 0 saturated carbocycles. The molecule has 3 nitrogen and oxygen atoms in total. The number of hydrogen-bond acceptors (Lipinski definition) is 3. The Hall–Kier alpha value is -2.63. The van der Waals surface area contributed by atoms with Crippen molar-refractivity contribution in [3.8, 4) is 16.9 Å². The molecule has 0 aliphatic carbocycles. The highest BCUT2D eigenvalue weighted by Gasteiger charge is 2.35. The molecule has 0 spiro atoms. The molecule has 148 valence electrons. The second-order valence-corrected chi connectivity index (χ2v) is 7.51. The second kappa shape index (κ2) is 8.17. The average molecular weight is 388 g/mol. The highest BCUT2D eigenvalue weighted by Crippen LogP contribution is 2.40. The number of ether oxygens (including phenoxy) is 1. The van der Waals surface area contributed by atoms with E-state index < -0.39 is 11.7 Å². The predicted molar refractivity (Wildman–Crippen MR) is 104 cm³/mol. The molecule has 2 heterocycles. The normalized spacial score (nSPS) is 13.1. The smallest absolute Gasteiger partial charge is 0.419 e. The molecule has 0 aliphatic rings. The van der Waals surface area contributed by atoms with Crippen LogP contribution in [0.2, 0.25) is 0 Å². The number of rotatable bonds is 6. The van der Waals surface area contributed by atoms with Crippen LogP contribution in [0.3, 0.4) is 0 Å². The van der Waals surface area contributed by atoms with Gasteiger partial charge in [-0.3, -0.25) is 9.97 Å². The highest BCUT2D eigenvalue weighted by molar-refractivity contribution is 5.93. The van der Waals surface area contributed by atoms with Crippen LogP contribution in [-0.2, 0) is 6.18 Å². The molecule has 2 aromatic heterocycles. The van der Waals surface area contributed by atoms with Gasteiger partial charge in [0.2, 0.25) is 0 Å². The fourth-order valence-electron chi connectivity index (χ4n) is 3.39. The maximum Gasteiger partial charge on any atom is 0.419 e. The van der Waals surface area contributed by atoms with Crippen molar-refractivity contribution in [2.45, 2.75) is 33.4 Å². The zero-order chi connectivity index (χ0) is 20.3. The summed E-state index contributed by atoms with van der Waals surface area (Å²) in [5, 5.41) is 0.706. The Bertz CT molecular complexity index is 949. The van der Waals surface area contributed by atoms with Gasteiger partial charge in [-0.15, -0.1) is 0 Å². The van der Waals surface area contributed by atoms with Crippen molar-refractivity contribution in [3.05, 3.63) is 54.5 Å². The first-order valence-electron chi connectivity index (χ1n) is 9.29. The van der Waals surface area contributed by atoms with Crippen molar-refractivity contribution in [3.63, 3.8) is 0 Å². The third-order valence-corrected chi connectivity index (χ3v) is 4.54. The fraction of sp³-hybridized carbons (Fsp3) is 0.364. The van der Waals surface area contributed by atoms with Crippen molar-refractivity contribution < 1.29 is 17.9 Å². The topological polar surface area (TPSA) is 35.0 Å². The summed E-state index contributed by atoms with van der Waals surface area (Å²) < 4.78 is 46.6. The lowest BCUT2D eigenvalue weighted by Crippen LogP contribution is -2.14. The van der Waals surface area contributed by atoms with Gasteiger partial charge in [0.15, 0.2) is 0 Å². The summed E-state index contributed by atoms with van der Waals surface area (Å²) in [6, 6.07) is 7.63. The Balaban J connectivity index is 1.97. The van der Waals surface area contributed by atoms with Gasteiger partial charge in [-0.1, -0.05) is 26.8 Å². The van der Waals surface area contributed by atoms with Crippen molar-refractivity contribution in [2.75, 3.05) is 6.61 Å². The Morgan fingerprint density at radius 3 is 2.54 bits per heavy atom. The molecule has 3 aromatic rings. The van der Waals surface area contributed by atoms with E-state index in [2.05, 4.69) is 23.8 Å². The first-order valence-corrected chi connectivity index (χ1v) is 9.29. The van der Waals surface area contributed by atoms with E-state index in [0.29, 0.717) is 27.9 Å². The molecule has 0 amide bonds. The van der Waals surface area contributed by atoms with Crippen LogP contribution in [0.5, 0.6) is 5.75 Å². The summed E-state index contributed by atoms with van der Waals surface area (Å²) in [4.78, 5) is 8.31. The lowest BCUT2D eigenvalue weighted by Gasteiger charge is -2.19. The number of nitrogens with zero attached hydrogens (tertiary/aromatic N) is 2. The van der Waals surface area contributed by atoms with Gasteiger partial charge < -0.3 is 4.74 Å². The second-order valence-electron chi connectivity index (χ2n) is 7.51. The van der Waals surface area contributed by atoms with Crippen molar-refractivity contribution >= 4 is 10.9 Å². The largest absolute Gasteiger partial charge is 0.493 e. The van der Waals surface area contributed by atoms with Gasteiger partial charge in [-0.05, 0) is 53.6 Å². The van der Waals surface area contributed by atoms with Gasteiger partial charge in [0.05, 0.1) is 17.7 Å². The van der Waals surface area contributed by atoms with E-state index in [-0.39, 0.29) is 18.3 Å². The lowest BCUT2D eigenvalue weighted by atomic mass is 9.99. The predicted octanol–water partition coefficient (Wildman–Crippen LogP) is 6.38. The summed E-state index contributed by atoms with van der Waals surface area (Å²) in [6.45, 7) is 6.40. The molecule has 3 rings (SSSR count). The quantitative estimate of drug-likeness (QED) is 0.492. The van der Waals surface area contributed by atoms with Crippen molar-refractivity contribution in [1.29, 1.82) is 0 Å². The molecule has 1 atom stereocenters. The van der Waals surface area contributed by atoms with Gasteiger partial charge >= 0.3 is 6.18 Å². The zero-order valence-corrected chi connectivity index (χ0v) is 16.1. The fourth-order valence-corrected chi connectivity index (χ4v) is 3.39. The van der Waals surface area contributed by atoms with Crippen molar-refractivity contribution in [2.24, 2.45) is 11.8 Å². The van der Waals surface area contributed by atoms with Gasteiger partial charge in [0.25, 0.3) is 0 Å². The number of alkyl halides is 3. The highest BCUT2D eigenvalue weighted by atomic mass is 19.4. The molecule has 0 unspecified atom stereocenters. The summed E-state index contributed by atoms with van der Waals surface area (Å²) in [7, 11) is 0. The molecule has 1 aromatic carbocycles. The summed E-state index contributed by atoms with van der Waals surface area (Å²) >= 11 is 0. The first-order chi connectivity index (χ1) is 13.3. The molecule has 0 saturated heterocycles. The molecule has 0 aliphatic heterocycles. The van der Waals surface area contributed by atoms with E-state index in [9.17, 15) is 13.2 Å². The van der Waals surface area contributed by atoms with Crippen LogP contribution in [0.15, 0.2) is 48.9 Å². The van der Waals surface area contributed by atoms with E-state index in [1.807, 2.05) is 6.92 Å². The Kier molecular flexibility index (Phi) is 5.87. The molecule has 0 radical (unpaired) electrons. The van der Waals surface area contributed by atoms with Crippen LogP contribution in [0.25, 0.3) is 22.0 Å². The van der Waals surface area contributed by atoms with Gasteiger partial charge in [0.1, 0.15) is 5.75 Å². The van der Waals surface area contributed by atoms with Gasteiger partial charge in [-0.25, -0.2) is 0 Å². The molecular weight excluding hydrogens is 365 g/mol. The summed E-state index contributed by atoms with van der Waals surface area (Å²) in [6.07, 6.45) is 1.20. The third-order valence-electron chi connectivity index (χ3n) is 4.54. The number of aromatic nitrogens is 2. The molecule has 0 N–H and O–H groups in total. The number of fused-ring (bicyclic) bond motifs is 1. The van der Waals surface area contributed by atoms with Crippen LogP contribution >= 0.6 is 0 Å². The minimum atomic E-state index is -4.51. The maximum atomic E-state index is 13.7. The zero-order valence-electron chi connectivity index (χ0n) is 16.1. The Morgan fingerprint density at radius 1 is 1.04 bits per heavy atom. The number of pyridine rings is 2. The van der Waals surface area contributed by atoms with E-state index in [4.69, 9.17) is 4.74 Å². The number of hydrogen-bond donors (Lipinski definition) is 0. The number of benzene rings is 1. The van der Waals surface area contributed by atoms with E-state index in [0.717, 1.165) is 12.5 Å². The Labute approximate surface area is 162 Å². The molecule has 28 heavy (non-hydrogen) atoms. The monoisotopic (exact) mass is 388 g/mol. The van der Waals surface area contributed by atoms with Crippen LogP contribution < -0.4 is 4.74 Å². The molecule has 6 heteroatoms. The molecular formula is C22H23F3N2O. The Morgan fingerprint density at radius 2 is 1.82 bits per heavy atom. The lowest BCUT2D eigenvalue weighted by molar-refractivity contribution is -0.139. The third kappa shape index (κ3) is 4.61. The van der Waals surface area contributed by atoms with Gasteiger partial charge in [0, 0.05) is 24.0 Å². The SMILES string of the molecule is CC(C)C[C@H](C)COc1ccc(-c2ccnc3ccncc23)cc1C(F)(F)F. The van der Waals surface area contributed by atoms with Crippen molar-refractivity contribution in [1.82, 2.24) is 9.97 Å². The van der Waals surface area contributed by atoms with Crippen LogP contribution in [-0.4, -0.2) is 16.6 Å². The van der Waals surface area contributed by atoms with E-state index in [1.54, 1.807) is 36.8 Å². The minimum absolute atomic E-state index is 0.136. The minimum Gasteiger partial charge on any atom is -0.493 e. The average Bonchev–Trinajstić information content (AvgIpc) is 2.64. The molecule has 0 bridgehead atoms. The van der Waals surface area contributed by atoms with E-state index >= 15 is 0 Å². The standard InChI is InChI=1S/C22H23F3N2O/c1-14(2)10-15(3)13-28-21-5-4-16(11-19(21)22(23,24)25)17-6-9-27-20-7-8-26-12-18(17)20/h4-9,11-12,14-15H,10,13H2,1-3H3/t15-/m0/s1. The van der Waals surface area contributed by atoms with Crippen LogP contribution in [0.4, 0.5) is 13.2 Å². The first kappa shape index (κ1) is 20.1. The van der Waals surface area contributed by atoms with Crippen LogP contribution in [0, 0.1) is 11.8 Å². The van der Waals surface area contributed by atoms with E-state index in [1.165, 1.54) is 6.07 Å².